The highest BCUT2D eigenvalue weighted by atomic mass is 127. The highest BCUT2D eigenvalue weighted by molar-refractivity contribution is 14.1. The van der Waals surface area contributed by atoms with Crippen LogP contribution in [-0.4, -0.2) is 4.37 Å². The molecule has 0 N–H and O–H groups in total. The van der Waals surface area contributed by atoms with Crippen LogP contribution in [0.25, 0.3) is 0 Å². The van der Waals surface area contributed by atoms with Gasteiger partial charge in [0.2, 0.25) is 0 Å². The predicted octanol–water partition coefficient (Wildman–Crippen LogP) is 3.05. The smallest absolute Gasteiger partial charge is 0.0543 e. The van der Waals surface area contributed by atoms with Gasteiger partial charge in [0.25, 0.3) is 0 Å². The Kier molecular flexibility index (Phi) is 2.34. The highest BCUT2D eigenvalue weighted by Crippen LogP contribution is 2.29. The lowest BCUT2D eigenvalue weighted by molar-refractivity contribution is 0.601. The van der Waals surface area contributed by atoms with Crippen molar-refractivity contribution < 1.29 is 0 Å². The Morgan fingerprint density at radius 1 is 1.50 bits per heavy atom. The third-order valence-electron chi connectivity index (χ3n) is 1.21. The van der Waals surface area contributed by atoms with Gasteiger partial charge in [-0.15, -0.1) is 0 Å². The van der Waals surface area contributed by atoms with Crippen molar-refractivity contribution in [1.82, 2.24) is 4.37 Å². The van der Waals surface area contributed by atoms with E-state index < -0.39 is 0 Å². The normalized spacial score (nSPS) is 12.0. The molecule has 1 rings (SSSR count). The zero-order valence-corrected chi connectivity index (χ0v) is 9.28. The minimum atomic E-state index is 0.262. The Hall–Kier alpha value is 0.360. The minimum absolute atomic E-state index is 0.262. The van der Waals surface area contributed by atoms with Gasteiger partial charge in [-0.25, -0.2) is 0 Å². The Bertz CT molecular complexity index is 224. The van der Waals surface area contributed by atoms with Gasteiger partial charge in [-0.05, 0) is 39.5 Å². The monoisotopic (exact) mass is 267 g/mol. The van der Waals surface area contributed by atoms with E-state index in [0.29, 0.717) is 0 Å². The lowest BCUT2D eigenvalue weighted by Crippen LogP contribution is -2.09. The molecule has 0 aliphatic heterocycles. The first-order valence-corrected chi connectivity index (χ1v) is 4.97. The van der Waals surface area contributed by atoms with Crippen LogP contribution < -0.4 is 0 Å². The van der Waals surface area contributed by atoms with Crippen LogP contribution in [0.5, 0.6) is 0 Å². The quantitative estimate of drug-likeness (QED) is 0.658. The van der Waals surface area contributed by atoms with E-state index in [9.17, 15) is 0 Å². The van der Waals surface area contributed by atoms with Crippen LogP contribution in [-0.2, 0) is 5.41 Å². The van der Waals surface area contributed by atoms with Crippen LogP contribution in [0, 0.1) is 3.57 Å². The fourth-order valence-electron chi connectivity index (χ4n) is 0.723. The van der Waals surface area contributed by atoms with Crippen LogP contribution in [0.15, 0.2) is 6.20 Å². The molecule has 0 aliphatic rings. The van der Waals surface area contributed by atoms with Crippen LogP contribution in [0.4, 0.5) is 0 Å². The Labute approximate surface area is 79.2 Å². The molecule has 0 radical (unpaired) electrons. The van der Waals surface area contributed by atoms with Gasteiger partial charge in [-0.3, -0.25) is 0 Å². The van der Waals surface area contributed by atoms with Gasteiger partial charge in [-0.1, -0.05) is 20.8 Å². The summed E-state index contributed by atoms with van der Waals surface area (Å²) in [6, 6.07) is 0. The molecule has 0 fully saturated rings. The average molecular weight is 267 g/mol. The number of nitrogens with zero attached hydrogens (tertiary/aromatic N) is 1. The lowest BCUT2D eigenvalue weighted by Gasteiger charge is -2.15. The van der Waals surface area contributed by atoms with Crippen molar-refractivity contribution in [3.8, 4) is 0 Å². The maximum atomic E-state index is 4.12. The van der Waals surface area contributed by atoms with E-state index in [2.05, 4.69) is 47.7 Å². The van der Waals surface area contributed by atoms with Gasteiger partial charge in [-0.2, -0.15) is 4.37 Å². The summed E-state index contributed by atoms with van der Waals surface area (Å²) in [5.74, 6) is 0. The molecular weight excluding hydrogens is 257 g/mol. The lowest BCUT2D eigenvalue weighted by atomic mass is 9.95. The Balaban J connectivity index is 3.05. The number of aromatic nitrogens is 1. The average Bonchev–Trinajstić information content (AvgIpc) is 2.11. The summed E-state index contributed by atoms with van der Waals surface area (Å²) in [4.78, 5) is 1.38. The van der Waals surface area contributed by atoms with Crippen LogP contribution in [0.3, 0.4) is 0 Å². The van der Waals surface area contributed by atoms with Gasteiger partial charge < -0.3 is 0 Å². The van der Waals surface area contributed by atoms with Gasteiger partial charge >= 0.3 is 0 Å². The molecule has 0 atom stereocenters. The van der Waals surface area contributed by atoms with E-state index >= 15 is 0 Å². The first-order chi connectivity index (χ1) is 4.52. The van der Waals surface area contributed by atoms with E-state index in [1.165, 1.54) is 8.45 Å². The molecule has 1 aromatic rings. The van der Waals surface area contributed by atoms with Crippen molar-refractivity contribution in [3.05, 3.63) is 14.6 Å². The molecule has 1 nitrogen and oxygen atoms in total. The molecule has 0 unspecified atom stereocenters. The van der Waals surface area contributed by atoms with Gasteiger partial charge in [0.05, 0.1) is 6.20 Å². The topological polar surface area (TPSA) is 12.9 Å². The van der Waals surface area contributed by atoms with Gasteiger partial charge in [0, 0.05) is 8.45 Å². The maximum Gasteiger partial charge on any atom is 0.0543 e. The fraction of sp³-hybridized carbons (Fsp3) is 0.571. The van der Waals surface area contributed by atoms with Crippen molar-refractivity contribution in [2.45, 2.75) is 26.2 Å². The van der Waals surface area contributed by atoms with Crippen LogP contribution in [0.2, 0.25) is 0 Å². The van der Waals surface area contributed by atoms with E-state index in [4.69, 9.17) is 0 Å². The fourth-order valence-corrected chi connectivity index (χ4v) is 2.83. The molecule has 0 saturated heterocycles. The molecule has 1 aromatic heterocycles. The molecule has 0 amide bonds. The van der Waals surface area contributed by atoms with E-state index in [1.807, 2.05) is 6.20 Å². The summed E-state index contributed by atoms with van der Waals surface area (Å²) < 4.78 is 5.41. The first kappa shape index (κ1) is 8.46. The molecule has 0 spiro atoms. The first-order valence-electron chi connectivity index (χ1n) is 3.12. The molecule has 10 heavy (non-hydrogen) atoms. The summed E-state index contributed by atoms with van der Waals surface area (Å²) in [5.41, 5.74) is 0.262. The second-order valence-corrected chi connectivity index (χ2v) is 5.22. The molecule has 0 bridgehead atoms. The SMILES string of the molecule is CC(C)(C)c1sncc1I. The summed E-state index contributed by atoms with van der Waals surface area (Å²) >= 11 is 3.93. The minimum Gasteiger partial charge on any atom is -0.200 e. The molecule has 0 aromatic carbocycles. The van der Waals surface area contributed by atoms with Crippen molar-refractivity contribution in [3.63, 3.8) is 0 Å². The zero-order valence-electron chi connectivity index (χ0n) is 6.31. The third kappa shape index (κ3) is 1.69. The van der Waals surface area contributed by atoms with E-state index in [-0.39, 0.29) is 5.41 Å². The molecule has 0 aliphatic carbocycles. The molecule has 1 heterocycles. The molecular formula is C7H10INS. The Morgan fingerprint density at radius 3 is 2.30 bits per heavy atom. The van der Waals surface area contributed by atoms with E-state index in [1.54, 1.807) is 11.5 Å². The standard InChI is InChI=1S/C7H10INS/c1-7(2,3)6-5(8)4-9-10-6/h4H,1-3H3. The summed E-state index contributed by atoms with van der Waals surface area (Å²) in [7, 11) is 0. The van der Waals surface area contributed by atoms with Crippen molar-refractivity contribution in [1.29, 1.82) is 0 Å². The second-order valence-electron chi connectivity index (χ2n) is 3.25. The summed E-state index contributed by atoms with van der Waals surface area (Å²) in [5, 5.41) is 0. The van der Waals surface area contributed by atoms with Crippen molar-refractivity contribution in [2.24, 2.45) is 0 Å². The number of rotatable bonds is 0. The third-order valence-corrected chi connectivity index (χ3v) is 3.62. The van der Waals surface area contributed by atoms with Gasteiger partial charge in [0.15, 0.2) is 0 Å². The largest absolute Gasteiger partial charge is 0.200 e. The molecule has 0 saturated carbocycles. The maximum absolute atomic E-state index is 4.12. The van der Waals surface area contributed by atoms with Crippen molar-refractivity contribution >= 4 is 34.1 Å². The molecule has 56 valence electrons. The second kappa shape index (κ2) is 2.77. The highest BCUT2D eigenvalue weighted by Gasteiger charge is 2.18. The predicted molar refractivity (Wildman–Crippen MR) is 53.5 cm³/mol. The van der Waals surface area contributed by atoms with Gasteiger partial charge in [0.1, 0.15) is 0 Å². The Morgan fingerprint density at radius 2 is 2.10 bits per heavy atom. The number of hydrogen-bond acceptors (Lipinski definition) is 2. The van der Waals surface area contributed by atoms with Crippen molar-refractivity contribution in [2.75, 3.05) is 0 Å². The molecule has 3 heteroatoms. The number of halogens is 1. The zero-order chi connectivity index (χ0) is 7.78. The number of hydrogen-bond donors (Lipinski definition) is 0. The summed E-state index contributed by atoms with van der Waals surface area (Å²) in [6.07, 6.45) is 1.92. The summed E-state index contributed by atoms with van der Waals surface area (Å²) in [6.45, 7) is 6.63. The van der Waals surface area contributed by atoms with Crippen LogP contribution >= 0.6 is 34.1 Å². The van der Waals surface area contributed by atoms with E-state index in [0.717, 1.165) is 0 Å². The van der Waals surface area contributed by atoms with Crippen LogP contribution in [0.1, 0.15) is 25.6 Å².